The van der Waals surface area contributed by atoms with Crippen LogP contribution in [0, 0.1) is 0 Å². The predicted octanol–water partition coefficient (Wildman–Crippen LogP) is 4.12. The second kappa shape index (κ2) is 7.17. The van der Waals surface area contributed by atoms with Crippen LogP contribution in [0.5, 0.6) is 0 Å². The molecule has 0 unspecified atom stereocenters. The molecular weight excluding hydrogens is 315 g/mol. The molecule has 0 saturated carbocycles. The number of aliphatic hydroxyl groups excluding tert-OH is 1. The Balaban J connectivity index is 2.26. The fraction of sp³-hybridized carbons (Fsp3) is 0.143. The summed E-state index contributed by atoms with van der Waals surface area (Å²) in [6.07, 6.45) is -0.737. The third kappa shape index (κ3) is 3.08. The molecule has 2 nitrogen and oxygen atoms in total. The van der Waals surface area contributed by atoms with Gasteiger partial charge >= 0.3 is 0 Å². The molecule has 122 valence electrons. The summed E-state index contributed by atoms with van der Waals surface area (Å²) in [5.74, 6) is 0. The van der Waals surface area contributed by atoms with Gasteiger partial charge in [0, 0.05) is 10.6 Å². The standard InChI is InChI=1S/C21H21O2P/c1-17(22)21(18-11-5-2-6-12-18)24(23,19-13-7-3-8-14-19)20-15-9-4-10-16-20/h2-17,21-22H,1H3/t17-,21+/m1/s1. The molecule has 0 spiro atoms. The first-order chi connectivity index (χ1) is 11.6. The Bertz CT molecular complexity index is 771. The van der Waals surface area contributed by atoms with E-state index in [9.17, 15) is 9.67 Å². The van der Waals surface area contributed by atoms with Crippen LogP contribution in [0.25, 0.3) is 0 Å². The van der Waals surface area contributed by atoms with Crippen molar-refractivity contribution in [3.05, 3.63) is 96.6 Å². The van der Waals surface area contributed by atoms with Crippen molar-refractivity contribution < 1.29 is 9.67 Å². The van der Waals surface area contributed by atoms with Gasteiger partial charge in [0.1, 0.15) is 0 Å². The highest BCUT2D eigenvalue weighted by Gasteiger charge is 2.40. The summed E-state index contributed by atoms with van der Waals surface area (Å²) in [4.78, 5) is 0. The number of aliphatic hydroxyl groups is 1. The van der Waals surface area contributed by atoms with E-state index < -0.39 is 18.9 Å². The Morgan fingerprint density at radius 2 is 1.08 bits per heavy atom. The van der Waals surface area contributed by atoms with Crippen molar-refractivity contribution in [3.8, 4) is 0 Å². The van der Waals surface area contributed by atoms with Crippen LogP contribution in [0.1, 0.15) is 18.1 Å². The van der Waals surface area contributed by atoms with Gasteiger partial charge in [-0.25, -0.2) is 0 Å². The average molecular weight is 336 g/mol. The zero-order valence-electron chi connectivity index (χ0n) is 13.6. The zero-order valence-corrected chi connectivity index (χ0v) is 14.5. The van der Waals surface area contributed by atoms with Gasteiger partial charge in [0.05, 0.1) is 11.8 Å². The molecule has 2 atom stereocenters. The van der Waals surface area contributed by atoms with Gasteiger partial charge in [-0.2, -0.15) is 0 Å². The van der Waals surface area contributed by atoms with Gasteiger partial charge in [-0.15, -0.1) is 0 Å². The molecule has 0 bridgehead atoms. The average Bonchev–Trinajstić information content (AvgIpc) is 2.64. The molecule has 0 aliphatic carbocycles. The Kier molecular flexibility index (Phi) is 4.99. The molecular formula is C21H21O2P. The van der Waals surface area contributed by atoms with Crippen molar-refractivity contribution in [2.75, 3.05) is 0 Å². The van der Waals surface area contributed by atoms with Gasteiger partial charge in [-0.05, 0) is 12.5 Å². The lowest BCUT2D eigenvalue weighted by atomic mass is 10.1. The SMILES string of the molecule is C[C@@H](O)[C@@H](c1ccccc1)P(=O)(c1ccccc1)c1ccccc1. The van der Waals surface area contributed by atoms with Crippen LogP contribution in [-0.4, -0.2) is 11.2 Å². The highest BCUT2D eigenvalue weighted by atomic mass is 31.2. The van der Waals surface area contributed by atoms with Crippen LogP contribution in [0.3, 0.4) is 0 Å². The topological polar surface area (TPSA) is 37.3 Å². The molecule has 0 aliphatic rings. The van der Waals surface area contributed by atoms with E-state index in [4.69, 9.17) is 0 Å². The minimum absolute atomic E-state index is 0.483. The Morgan fingerprint density at radius 1 is 0.708 bits per heavy atom. The van der Waals surface area contributed by atoms with Gasteiger partial charge in [0.15, 0.2) is 7.14 Å². The van der Waals surface area contributed by atoms with Crippen LogP contribution < -0.4 is 10.6 Å². The molecule has 0 heterocycles. The molecule has 24 heavy (non-hydrogen) atoms. The molecule has 0 amide bonds. The van der Waals surface area contributed by atoms with Crippen LogP contribution in [0.15, 0.2) is 91.0 Å². The van der Waals surface area contributed by atoms with Crippen LogP contribution in [0.2, 0.25) is 0 Å². The second-order valence-electron chi connectivity index (χ2n) is 5.93. The van der Waals surface area contributed by atoms with E-state index in [0.29, 0.717) is 0 Å². The molecule has 3 rings (SSSR count). The van der Waals surface area contributed by atoms with E-state index in [1.54, 1.807) is 6.92 Å². The number of rotatable bonds is 5. The first-order valence-corrected chi connectivity index (χ1v) is 9.85. The number of benzene rings is 3. The van der Waals surface area contributed by atoms with Crippen molar-refractivity contribution >= 4 is 17.8 Å². The zero-order chi connectivity index (χ0) is 17.0. The minimum Gasteiger partial charge on any atom is -0.392 e. The summed E-state index contributed by atoms with van der Waals surface area (Å²) in [6.45, 7) is 1.72. The van der Waals surface area contributed by atoms with Crippen LogP contribution in [0.4, 0.5) is 0 Å². The van der Waals surface area contributed by atoms with E-state index in [-0.39, 0.29) is 0 Å². The summed E-state index contributed by atoms with van der Waals surface area (Å²) >= 11 is 0. The Labute approximate surface area is 143 Å². The van der Waals surface area contributed by atoms with Crippen molar-refractivity contribution in [2.24, 2.45) is 0 Å². The summed E-state index contributed by atoms with van der Waals surface area (Å²) in [5.41, 5.74) is 0.409. The van der Waals surface area contributed by atoms with Crippen molar-refractivity contribution in [1.82, 2.24) is 0 Å². The lowest BCUT2D eigenvalue weighted by Gasteiger charge is -2.31. The molecule has 0 aliphatic heterocycles. The highest BCUT2D eigenvalue weighted by Crippen LogP contribution is 2.58. The molecule has 0 fully saturated rings. The fourth-order valence-corrected chi connectivity index (χ4v) is 6.58. The lowest BCUT2D eigenvalue weighted by molar-refractivity contribution is 0.188. The first kappa shape index (κ1) is 16.7. The maximum absolute atomic E-state index is 14.4. The van der Waals surface area contributed by atoms with E-state index in [1.807, 2.05) is 91.0 Å². The van der Waals surface area contributed by atoms with Gasteiger partial charge in [0.25, 0.3) is 0 Å². The maximum Gasteiger partial charge on any atom is 0.152 e. The first-order valence-electron chi connectivity index (χ1n) is 8.08. The molecule has 0 aromatic heterocycles. The third-order valence-corrected chi connectivity index (χ3v) is 7.91. The molecule has 3 aromatic carbocycles. The second-order valence-corrected chi connectivity index (χ2v) is 8.83. The highest BCUT2D eigenvalue weighted by molar-refractivity contribution is 7.79. The number of hydrogen-bond donors (Lipinski definition) is 1. The van der Waals surface area contributed by atoms with Crippen molar-refractivity contribution in [1.29, 1.82) is 0 Å². The van der Waals surface area contributed by atoms with Gasteiger partial charge in [-0.1, -0.05) is 91.0 Å². The minimum atomic E-state index is -3.06. The largest absolute Gasteiger partial charge is 0.392 e. The van der Waals surface area contributed by atoms with Crippen LogP contribution in [-0.2, 0) is 4.57 Å². The van der Waals surface area contributed by atoms with E-state index in [2.05, 4.69) is 0 Å². The smallest absolute Gasteiger partial charge is 0.152 e. The summed E-state index contributed by atoms with van der Waals surface area (Å²) in [5, 5.41) is 12.1. The van der Waals surface area contributed by atoms with Crippen molar-refractivity contribution in [3.63, 3.8) is 0 Å². The van der Waals surface area contributed by atoms with Crippen LogP contribution >= 0.6 is 7.14 Å². The van der Waals surface area contributed by atoms with E-state index in [1.165, 1.54) is 0 Å². The van der Waals surface area contributed by atoms with E-state index >= 15 is 0 Å². The normalized spacial score (nSPS) is 14.1. The monoisotopic (exact) mass is 336 g/mol. The predicted molar refractivity (Wildman–Crippen MR) is 101 cm³/mol. The summed E-state index contributed by atoms with van der Waals surface area (Å²) < 4.78 is 14.4. The fourth-order valence-electron chi connectivity index (χ4n) is 3.21. The Morgan fingerprint density at radius 3 is 1.46 bits per heavy atom. The molecule has 3 heteroatoms. The summed E-state index contributed by atoms with van der Waals surface area (Å²) in [7, 11) is -3.06. The van der Waals surface area contributed by atoms with Gasteiger partial charge in [0.2, 0.25) is 0 Å². The Hall–Kier alpha value is -2.15. The molecule has 0 saturated heterocycles. The summed E-state index contributed by atoms with van der Waals surface area (Å²) in [6, 6.07) is 28.7. The third-order valence-electron chi connectivity index (χ3n) is 4.27. The maximum atomic E-state index is 14.4. The van der Waals surface area contributed by atoms with Gasteiger partial charge in [-0.3, -0.25) is 0 Å². The van der Waals surface area contributed by atoms with E-state index in [0.717, 1.165) is 16.2 Å². The lowest BCUT2D eigenvalue weighted by Crippen LogP contribution is -2.27. The molecule has 0 radical (unpaired) electrons. The quantitative estimate of drug-likeness (QED) is 0.712. The van der Waals surface area contributed by atoms with Crippen molar-refractivity contribution in [2.45, 2.75) is 18.7 Å². The molecule has 3 aromatic rings. The van der Waals surface area contributed by atoms with Gasteiger partial charge < -0.3 is 9.67 Å². The number of hydrogen-bond acceptors (Lipinski definition) is 2. The molecule has 1 N–H and O–H groups in total.